The summed E-state index contributed by atoms with van der Waals surface area (Å²) in [5.41, 5.74) is 1.80. The van der Waals surface area contributed by atoms with Gasteiger partial charge < -0.3 is 10.2 Å². The standard InChI is InChI=1S/C22H16O2/c23-20-12-11-18-19(22(20)24)10-9-17-15-7-2-1-5-13(15)14-6-3-4-8-16(14)21(17)18/h1-12,20,22-24H/t20-,22-/m0/s1. The number of fused-ring (bicyclic) bond motifs is 8. The quantitative estimate of drug-likeness (QED) is 0.467. The van der Waals surface area contributed by atoms with Gasteiger partial charge >= 0.3 is 0 Å². The molecule has 4 aromatic rings. The maximum atomic E-state index is 10.4. The zero-order valence-corrected chi connectivity index (χ0v) is 13.0. The molecule has 4 aromatic carbocycles. The van der Waals surface area contributed by atoms with Crippen molar-refractivity contribution in [3.05, 3.63) is 77.9 Å². The van der Waals surface area contributed by atoms with Gasteiger partial charge in [0, 0.05) is 0 Å². The van der Waals surface area contributed by atoms with Crippen LogP contribution in [0.4, 0.5) is 0 Å². The van der Waals surface area contributed by atoms with Crippen LogP contribution in [0.3, 0.4) is 0 Å². The molecule has 0 saturated carbocycles. The number of hydrogen-bond acceptors (Lipinski definition) is 2. The van der Waals surface area contributed by atoms with Gasteiger partial charge in [-0.25, -0.2) is 0 Å². The van der Waals surface area contributed by atoms with Crippen LogP contribution < -0.4 is 0 Å². The molecule has 0 saturated heterocycles. The van der Waals surface area contributed by atoms with E-state index in [1.54, 1.807) is 6.08 Å². The topological polar surface area (TPSA) is 40.5 Å². The van der Waals surface area contributed by atoms with E-state index in [-0.39, 0.29) is 0 Å². The first-order valence-corrected chi connectivity index (χ1v) is 8.16. The molecule has 0 aliphatic heterocycles. The van der Waals surface area contributed by atoms with Crippen LogP contribution in [-0.2, 0) is 0 Å². The second-order valence-electron chi connectivity index (χ2n) is 6.38. The van der Waals surface area contributed by atoms with Crippen LogP contribution in [0.1, 0.15) is 17.2 Å². The molecule has 116 valence electrons. The molecule has 5 rings (SSSR count). The lowest BCUT2D eigenvalue weighted by Gasteiger charge is -2.24. The fourth-order valence-corrected chi connectivity index (χ4v) is 3.96. The third-order valence-electron chi connectivity index (χ3n) is 5.09. The van der Waals surface area contributed by atoms with Gasteiger partial charge in [0.05, 0.1) is 0 Å². The van der Waals surface area contributed by atoms with E-state index < -0.39 is 12.2 Å². The molecule has 2 heteroatoms. The molecule has 1 aliphatic carbocycles. The predicted molar refractivity (Wildman–Crippen MR) is 99.0 cm³/mol. The Hall–Kier alpha value is -2.68. The molecular formula is C22H16O2. The van der Waals surface area contributed by atoms with Crippen molar-refractivity contribution in [3.8, 4) is 0 Å². The van der Waals surface area contributed by atoms with Gasteiger partial charge in [0.25, 0.3) is 0 Å². The highest BCUT2D eigenvalue weighted by atomic mass is 16.3. The zero-order valence-electron chi connectivity index (χ0n) is 13.0. The van der Waals surface area contributed by atoms with Crippen molar-refractivity contribution in [1.82, 2.24) is 0 Å². The minimum atomic E-state index is -0.875. The van der Waals surface area contributed by atoms with Crippen LogP contribution in [0, 0.1) is 0 Å². The third kappa shape index (κ3) is 1.72. The molecule has 2 N–H and O–H groups in total. The summed E-state index contributed by atoms with van der Waals surface area (Å²) in [6.45, 7) is 0. The SMILES string of the molecule is O[C@H]1C=Cc2c(ccc3c4ccccc4c4ccccc4c23)[C@@H]1O. The lowest BCUT2D eigenvalue weighted by Crippen LogP contribution is -2.19. The maximum Gasteiger partial charge on any atom is 0.109 e. The summed E-state index contributed by atoms with van der Waals surface area (Å²) in [7, 11) is 0. The smallest absolute Gasteiger partial charge is 0.109 e. The van der Waals surface area contributed by atoms with Gasteiger partial charge in [0.15, 0.2) is 0 Å². The molecule has 0 spiro atoms. The van der Waals surface area contributed by atoms with Crippen LogP contribution in [0.5, 0.6) is 0 Å². The molecule has 0 radical (unpaired) electrons. The Morgan fingerprint density at radius 1 is 0.625 bits per heavy atom. The van der Waals surface area contributed by atoms with Crippen molar-refractivity contribution >= 4 is 38.4 Å². The molecule has 2 nitrogen and oxygen atoms in total. The lowest BCUT2D eigenvalue weighted by atomic mass is 9.85. The first-order chi connectivity index (χ1) is 11.8. The molecule has 0 aromatic heterocycles. The van der Waals surface area contributed by atoms with Gasteiger partial charge in [-0.1, -0.05) is 72.8 Å². The maximum absolute atomic E-state index is 10.4. The summed E-state index contributed by atoms with van der Waals surface area (Å²) in [5.74, 6) is 0. The van der Waals surface area contributed by atoms with Crippen LogP contribution in [0.25, 0.3) is 38.4 Å². The molecule has 2 atom stereocenters. The molecule has 1 aliphatic rings. The van der Waals surface area contributed by atoms with Crippen molar-refractivity contribution in [3.63, 3.8) is 0 Å². The largest absolute Gasteiger partial charge is 0.386 e. The Labute approximate surface area is 139 Å². The number of rotatable bonds is 0. The average Bonchev–Trinajstić information content (AvgIpc) is 2.64. The zero-order chi connectivity index (χ0) is 16.3. The minimum absolute atomic E-state index is 0.790. The first kappa shape index (κ1) is 13.7. The predicted octanol–water partition coefficient (Wildman–Crippen LogP) is 4.57. The molecule has 0 fully saturated rings. The normalized spacial score (nSPS) is 19.9. The number of hydrogen-bond donors (Lipinski definition) is 2. The van der Waals surface area contributed by atoms with Crippen LogP contribution in [0.2, 0.25) is 0 Å². The Bertz CT molecular complexity index is 1110. The summed E-state index contributed by atoms with van der Waals surface area (Å²) in [6, 6.07) is 20.8. The van der Waals surface area contributed by atoms with Gasteiger partial charge in [-0.05, 0) is 43.4 Å². The average molecular weight is 312 g/mol. The van der Waals surface area contributed by atoms with Crippen molar-refractivity contribution < 1.29 is 10.2 Å². The number of aliphatic hydroxyl groups excluding tert-OH is 2. The molecular weight excluding hydrogens is 296 g/mol. The summed E-state index contributed by atoms with van der Waals surface area (Å²) in [6.07, 6.45) is 1.90. The highest BCUT2D eigenvalue weighted by Crippen LogP contribution is 2.41. The van der Waals surface area contributed by atoms with Gasteiger partial charge in [-0.15, -0.1) is 0 Å². The minimum Gasteiger partial charge on any atom is -0.386 e. The van der Waals surface area contributed by atoms with E-state index >= 15 is 0 Å². The number of aliphatic hydroxyl groups is 2. The fourth-order valence-electron chi connectivity index (χ4n) is 3.96. The second kappa shape index (κ2) is 4.91. The van der Waals surface area contributed by atoms with Crippen LogP contribution >= 0.6 is 0 Å². The Morgan fingerprint density at radius 2 is 1.17 bits per heavy atom. The van der Waals surface area contributed by atoms with Gasteiger partial charge in [-0.2, -0.15) is 0 Å². The summed E-state index contributed by atoms with van der Waals surface area (Å²) >= 11 is 0. The monoisotopic (exact) mass is 312 g/mol. The van der Waals surface area contributed by atoms with Crippen molar-refractivity contribution in [2.24, 2.45) is 0 Å². The van der Waals surface area contributed by atoms with Crippen molar-refractivity contribution in [1.29, 1.82) is 0 Å². The molecule has 0 amide bonds. The van der Waals surface area contributed by atoms with Crippen LogP contribution in [-0.4, -0.2) is 16.3 Å². The van der Waals surface area contributed by atoms with E-state index in [9.17, 15) is 10.2 Å². The van der Waals surface area contributed by atoms with E-state index in [4.69, 9.17) is 0 Å². The molecule has 0 bridgehead atoms. The Morgan fingerprint density at radius 3 is 1.83 bits per heavy atom. The van der Waals surface area contributed by atoms with Crippen molar-refractivity contribution in [2.45, 2.75) is 12.2 Å². The number of benzene rings is 4. The Kier molecular flexibility index (Phi) is 2.81. The molecule has 0 unspecified atom stereocenters. The van der Waals surface area contributed by atoms with E-state index in [1.807, 2.05) is 18.2 Å². The fraction of sp³-hybridized carbons (Fsp3) is 0.0909. The molecule has 0 heterocycles. The van der Waals surface area contributed by atoms with E-state index in [0.29, 0.717) is 0 Å². The van der Waals surface area contributed by atoms with E-state index in [0.717, 1.165) is 16.5 Å². The van der Waals surface area contributed by atoms with Gasteiger partial charge in [-0.3, -0.25) is 0 Å². The summed E-state index contributed by atoms with van der Waals surface area (Å²) in [5, 5.41) is 27.5. The summed E-state index contributed by atoms with van der Waals surface area (Å²) < 4.78 is 0. The third-order valence-corrected chi connectivity index (χ3v) is 5.09. The van der Waals surface area contributed by atoms with E-state index in [2.05, 4.69) is 48.5 Å². The summed E-state index contributed by atoms with van der Waals surface area (Å²) in [4.78, 5) is 0. The molecule has 24 heavy (non-hydrogen) atoms. The lowest BCUT2D eigenvalue weighted by molar-refractivity contribution is 0.0471. The Balaban J connectivity index is 2.08. The van der Waals surface area contributed by atoms with Gasteiger partial charge in [0.1, 0.15) is 12.2 Å². The van der Waals surface area contributed by atoms with Crippen molar-refractivity contribution in [2.75, 3.05) is 0 Å². The highest BCUT2D eigenvalue weighted by Gasteiger charge is 2.24. The highest BCUT2D eigenvalue weighted by molar-refractivity contribution is 6.27. The van der Waals surface area contributed by atoms with Gasteiger partial charge in [0.2, 0.25) is 0 Å². The van der Waals surface area contributed by atoms with E-state index in [1.165, 1.54) is 26.9 Å². The van der Waals surface area contributed by atoms with Crippen LogP contribution in [0.15, 0.2) is 66.7 Å². The second-order valence-corrected chi connectivity index (χ2v) is 6.38. The first-order valence-electron chi connectivity index (χ1n) is 8.16.